The lowest BCUT2D eigenvalue weighted by Crippen LogP contribution is -2.47. The summed E-state index contributed by atoms with van der Waals surface area (Å²) < 4.78 is 16.3. The minimum Gasteiger partial charge on any atom is -0.486 e. The fourth-order valence-corrected chi connectivity index (χ4v) is 3.75. The van der Waals surface area contributed by atoms with E-state index in [4.69, 9.17) is 19.2 Å². The molecule has 0 spiro atoms. The van der Waals surface area contributed by atoms with E-state index in [9.17, 15) is 4.79 Å². The number of hydrogen-bond acceptors (Lipinski definition) is 5. The van der Waals surface area contributed by atoms with Crippen molar-refractivity contribution in [1.82, 2.24) is 10.2 Å². The van der Waals surface area contributed by atoms with Crippen LogP contribution in [0.5, 0.6) is 11.5 Å². The molecule has 1 N–H and O–H groups in total. The van der Waals surface area contributed by atoms with E-state index in [1.165, 1.54) is 12.7 Å². The van der Waals surface area contributed by atoms with E-state index >= 15 is 0 Å². The van der Waals surface area contributed by atoms with Crippen molar-refractivity contribution in [2.75, 3.05) is 46.5 Å². The van der Waals surface area contributed by atoms with Crippen LogP contribution in [0.15, 0.2) is 23.2 Å². The Kier molecular flexibility index (Phi) is 9.06. The van der Waals surface area contributed by atoms with Crippen LogP contribution in [0.4, 0.5) is 0 Å². The zero-order chi connectivity index (χ0) is 20.9. The van der Waals surface area contributed by atoms with Crippen LogP contribution in [0.2, 0.25) is 0 Å². The number of carbonyl (C=O) groups excluding carboxylic acids is 1. The number of likely N-dealkylation sites (tertiary alicyclic amines) is 1. The maximum atomic E-state index is 11.8. The van der Waals surface area contributed by atoms with Crippen molar-refractivity contribution >= 4 is 35.9 Å². The largest absolute Gasteiger partial charge is 0.486 e. The van der Waals surface area contributed by atoms with Gasteiger partial charge in [0.05, 0.1) is 19.6 Å². The maximum absolute atomic E-state index is 11.8. The summed E-state index contributed by atoms with van der Waals surface area (Å²) >= 11 is 0. The minimum absolute atomic E-state index is 0. The molecule has 8 heteroatoms. The zero-order valence-corrected chi connectivity index (χ0v) is 20.7. The second kappa shape index (κ2) is 11.1. The number of carbonyl (C=O) groups is 1. The van der Waals surface area contributed by atoms with Crippen molar-refractivity contribution < 1.29 is 19.0 Å². The molecule has 2 aliphatic rings. The number of aliphatic imine (C=N–C) groups is 1. The van der Waals surface area contributed by atoms with E-state index < -0.39 is 0 Å². The fraction of sp³-hybridized carbons (Fsp3) is 0.636. The molecule has 0 saturated carbocycles. The fourth-order valence-electron chi connectivity index (χ4n) is 3.75. The van der Waals surface area contributed by atoms with Gasteiger partial charge in [0, 0.05) is 25.0 Å². The molecule has 0 aromatic heterocycles. The number of guanidine groups is 1. The Morgan fingerprint density at radius 2 is 1.90 bits per heavy atom. The third-order valence-corrected chi connectivity index (χ3v) is 5.61. The summed E-state index contributed by atoms with van der Waals surface area (Å²) in [5, 5.41) is 3.40. The van der Waals surface area contributed by atoms with Gasteiger partial charge in [0.15, 0.2) is 17.5 Å². The Morgan fingerprint density at radius 3 is 2.53 bits per heavy atom. The number of nitrogens with zero attached hydrogens (tertiary/aromatic N) is 2. The van der Waals surface area contributed by atoms with Gasteiger partial charge in [-0.2, -0.15) is 0 Å². The van der Waals surface area contributed by atoms with Gasteiger partial charge in [-0.3, -0.25) is 9.79 Å². The second-order valence-corrected chi connectivity index (χ2v) is 8.20. The highest BCUT2D eigenvalue weighted by Gasteiger charge is 2.28. The van der Waals surface area contributed by atoms with Gasteiger partial charge in [0.2, 0.25) is 0 Å². The molecule has 0 aliphatic carbocycles. The lowest BCUT2D eigenvalue weighted by molar-refractivity contribution is -0.146. The van der Waals surface area contributed by atoms with Crippen LogP contribution in [-0.4, -0.2) is 63.3 Å². The van der Waals surface area contributed by atoms with Gasteiger partial charge >= 0.3 is 5.97 Å². The standard InChI is InChI=1S/C22H33N3O4.HI/c1-5-23-21(25-10-8-16(9-11-25)20(26)27-4)24-15-22(2,3)17-6-7-18-19(14-17)29-13-12-28-18;/h6-7,14,16H,5,8-13,15H2,1-4H3,(H,23,24);1H. The van der Waals surface area contributed by atoms with E-state index in [2.05, 4.69) is 43.1 Å². The van der Waals surface area contributed by atoms with Gasteiger partial charge in [0.25, 0.3) is 0 Å². The summed E-state index contributed by atoms with van der Waals surface area (Å²) in [6, 6.07) is 6.15. The van der Waals surface area contributed by atoms with Gasteiger partial charge in [0.1, 0.15) is 13.2 Å². The van der Waals surface area contributed by atoms with E-state index in [-0.39, 0.29) is 41.3 Å². The first-order valence-electron chi connectivity index (χ1n) is 10.5. The molecule has 1 aromatic rings. The van der Waals surface area contributed by atoms with Gasteiger partial charge < -0.3 is 24.4 Å². The molecule has 1 saturated heterocycles. The lowest BCUT2D eigenvalue weighted by Gasteiger charge is -2.34. The predicted molar refractivity (Wildman–Crippen MR) is 128 cm³/mol. The Balaban J connectivity index is 0.00000320. The maximum Gasteiger partial charge on any atom is 0.308 e. The third-order valence-electron chi connectivity index (χ3n) is 5.61. The quantitative estimate of drug-likeness (QED) is 0.273. The Bertz CT molecular complexity index is 746. The molecule has 1 fully saturated rings. The highest BCUT2D eigenvalue weighted by molar-refractivity contribution is 14.0. The van der Waals surface area contributed by atoms with E-state index in [1.54, 1.807) is 0 Å². The Labute approximate surface area is 196 Å². The lowest BCUT2D eigenvalue weighted by atomic mass is 9.84. The Hall–Kier alpha value is -1.71. The molecule has 0 amide bonds. The predicted octanol–water partition coefficient (Wildman–Crippen LogP) is 3.20. The molecule has 30 heavy (non-hydrogen) atoms. The molecule has 7 nitrogen and oxygen atoms in total. The summed E-state index contributed by atoms with van der Waals surface area (Å²) in [6.45, 7) is 10.7. The van der Waals surface area contributed by atoms with Crippen LogP contribution in [-0.2, 0) is 14.9 Å². The van der Waals surface area contributed by atoms with Gasteiger partial charge in [-0.05, 0) is 37.5 Å². The number of fused-ring (bicyclic) bond motifs is 1. The molecule has 0 atom stereocenters. The van der Waals surface area contributed by atoms with Crippen molar-refractivity contribution in [2.24, 2.45) is 10.9 Å². The van der Waals surface area contributed by atoms with Crippen LogP contribution in [0.1, 0.15) is 39.2 Å². The number of ether oxygens (including phenoxy) is 3. The molecule has 1 aromatic carbocycles. The van der Waals surface area contributed by atoms with E-state index in [0.29, 0.717) is 19.8 Å². The average molecular weight is 531 g/mol. The topological polar surface area (TPSA) is 72.4 Å². The van der Waals surface area contributed by atoms with Gasteiger partial charge in [-0.1, -0.05) is 19.9 Å². The summed E-state index contributed by atoms with van der Waals surface area (Å²) in [6.07, 6.45) is 1.59. The molecule has 168 valence electrons. The van der Waals surface area contributed by atoms with Crippen LogP contribution < -0.4 is 14.8 Å². The highest BCUT2D eigenvalue weighted by Crippen LogP contribution is 2.35. The number of nitrogens with one attached hydrogen (secondary N) is 1. The van der Waals surface area contributed by atoms with Crippen molar-refractivity contribution in [3.63, 3.8) is 0 Å². The van der Waals surface area contributed by atoms with Crippen LogP contribution in [0.25, 0.3) is 0 Å². The van der Waals surface area contributed by atoms with Crippen molar-refractivity contribution in [3.8, 4) is 11.5 Å². The number of esters is 1. The normalized spacial score (nSPS) is 17.2. The molecule has 0 radical (unpaired) electrons. The average Bonchev–Trinajstić information content (AvgIpc) is 2.76. The summed E-state index contributed by atoms with van der Waals surface area (Å²) in [7, 11) is 1.46. The third kappa shape index (κ3) is 5.92. The number of methoxy groups -OCH3 is 1. The summed E-state index contributed by atoms with van der Waals surface area (Å²) in [4.78, 5) is 18.9. The minimum atomic E-state index is -0.152. The van der Waals surface area contributed by atoms with Crippen LogP contribution in [0.3, 0.4) is 0 Å². The van der Waals surface area contributed by atoms with Crippen LogP contribution >= 0.6 is 24.0 Å². The van der Waals surface area contributed by atoms with Crippen molar-refractivity contribution in [1.29, 1.82) is 0 Å². The monoisotopic (exact) mass is 531 g/mol. The smallest absolute Gasteiger partial charge is 0.308 e. The number of rotatable bonds is 5. The molecular formula is C22H34IN3O4. The SMILES string of the molecule is CCNC(=NCC(C)(C)c1ccc2c(c1)OCCO2)N1CCC(C(=O)OC)CC1.I. The zero-order valence-electron chi connectivity index (χ0n) is 18.4. The summed E-state index contributed by atoms with van der Waals surface area (Å²) in [5.41, 5.74) is 1.02. The molecule has 0 bridgehead atoms. The van der Waals surface area contributed by atoms with Gasteiger partial charge in [-0.25, -0.2) is 0 Å². The van der Waals surface area contributed by atoms with E-state index in [1.807, 2.05) is 6.07 Å². The number of hydrogen-bond donors (Lipinski definition) is 1. The first kappa shape index (κ1) is 24.6. The first-order chi connectivity index (χ1) is 13.9. The van der Waals surface area contributed by atoms with Crippen molar-refractivity contribution in [2.45, 2.75) is 39.0 Å². The second-order valence-electron chi connectivity index (χ2n) is 8.20. The van der Waals surface area contributed by atoms with Crippen LogP contribution in [0, 0.1) is 5.92 Å². The molecule has 2 aliphatic heterocycles. The number of halogens is 1. The van der Waals surface area contributed by atoms with E-state index in [0.717, 1.165) is 49.9 Å². The molecular weight excluding hydrogens is 497 g/mol. The number of benzene rings is 1. The summed E-state index contributed by atoms with van der Waals surface area (Å²) in [5.74, 6) is 2.41. The molecule has 3 rings (SSSR count). The van der Waals surface area contributed by atoms with Gasteiger partial charge in [-0.15, -0.1) is 24.0 Å². The highest BCUT2D eigenvalue weighted by atomic mass is 127. The molecule has 0 unspecified atom stereocenters. The number of piperidine rings is 1. The van der Waals surface area contributed by atoms with Crippen molar-refractivity contribution in [3.05, 3.63) is 23.8 Å². The first-order valence-corrected chi connectivity index (χ1v) is 10.5. The molecule has 2 heterocycles. The Morgan fingerprint density at radius 1 is 1.23 bits per heavy atom.